The van der Waals surface area contributed by atoms with Gasteiger partial charge < -0.3 is 5.73 Å². The molecule has 0 atom stereocenters. The average molecular weight is 347 g/mol. The monoisotopic (exact) mass is 346 g/mol. The molecule has 0 aliphatic carbocycles. The molecule has 2 heterocycles. The maximum Gasteiger partial charge on any atom is 0.138 e. The molecule has 21 heavy (non-hydrogen) atoms. The quantitative estimate of drug-likeness (QED) is 0.770. The molecule has 0 saturated carbocycles. The van der Waals surface area contributed by atoms with E-state index in [1.807, 2.05) is 18.2 Å². The van der Waals surface area contributed by atoms with E-state index in [1.165, 1.54) is 6.07 Å². The number of rotatable bonds is 2. The largest absolute Gasteiger partial charge is 0.383 e. The number of aryl methyl sites for hydroxylation is 1. The maximum atomic E-state index is 13.8. The van der Waals surface area contributed by atoms with Crippen LogP contribution in [0.5, 0.6) is 0 Å². The Kier molecular flexibility index (Phi) is 3.47. The van der Waals surface area contributed by atoms with E-state index in [1.54, 1.807) is 30.1 Å². The summed E-state index contributed by atoms with van der Waals surface area (Å²) in [5.41, 5.74) is 8.78. The van der Waals surface area contributed by atoms with Gasteiger partial charge in [-0.1, -0.05) is 12.1 Å². The van der Waals surface area contributed by atoms with Crippen molar-refractivity contribution in [1.82, 2.24) is 14.8 Å². The van der Waals surface area contributed by atoms with Crippen molar-refractivity contribution in [1.29, 1.82) is 0 Å². The van der Waals surface area contributed by atoms with E-state index in [4.69, 9.17) is 5.73 Å². The molecule has 0 saturated heterocycles. The Balaban J connectivity index is 2.24. The van der Waals surface area contributed by atoms with E-state index < -0.39 is 0 Å². The highest BCUT2D eigenvalue weighted by Gasteiger charge is 2.18. The first kappa shape index (κ1) is 13.8. The van der Waals surface area contributed by atoms with Crippen LogP contribution in [0.25, 0.3) is 22.5 Å². The summed E-state index contributed by atoms with van der Waals surface area (Å²) in [6, 6.07) is 10.4. The third kappa shape index (κ3) is 2.42. The summed E-state index contributed by atoms with van der Waals surface area (Å²) >= 11 is 3.15. The first-order valence-electron chi connectivity index (χ1n) is 6.27. The molecule has 6 heteroatoms. The summed E-state index contributed by atoms with van der Waals surface area (Å²) in [5.74, 6) is 0.149. The normalized spacial score (nSPS) is 10.8. The Morgan fingerprint density at radius 3 is 2.71 bits per heavy atom. The number of nitrogen functional groups attached to an aromatic ring is 1. The van der Waals surface area contributed by atoms with Gasteiger partial charge in [-0.05, 0) is 40.2 Å². The molecule has 0 aliphatic rings. The maximum absolute atomic E-state index is 13.8. The summed E-state index contributed by atoms with van der Waals surface area (Å²) in [6.45, 7) is 0. The molecule has 2 N–H and O–H groups in total. The first-order chi connectivity index (χ1) is 10.1. The number of halogens is 2. The molecule has 0 bridgehead atoms. The van der Waals surface area contributed by atoms with E-state index in [9.17, 15) is 4.39 Å². The summed E-state index contributed by atoms with van der Waals surface area (Å²) in [7, 11) is 1.75. The predicted octanol–water partition coefficient (Wildman–Crippen LogP) is 3.63. The number of benzene rings is 1. The van der Waals surface area contributed by atoms with Gasteiger partial charge in [0.15, 0.2) is 0 Å². The van der Waals surface area contributed by atoms with E-state index in [-0.39, 0.29) is 5.82 Å². The SMILES string of the molecule is Cn1nc(-c2ccc(Br)c(F)c2)c(-c2ccccn2)c1N. The number of pyridine rings is 1. The number of nitrogens with zero attached hydrogens (tertiary/aromatic N) is 3. The second-order valence-corrected chi connectivity index (χ2v) is 5.43. The first-order valence-corrected chi connectivity index (χ1v) is 7.06. The van der Waals surface area contributed by atoms with Gasteiger partial charge in [0.2, 0.25) is 0 Å². The molecular formula is C15H12BrFN4. The summed E-state index contributed by atoms with van der Waals surface area (Å²) in [5, 5.41) is 4.40. The van der Waals surface area contributed by atoms with Crippen molar-refractivity contribution in [2.45, 2.75) is 0 Å². The van der Waals surface area contributed by atoms with Crippen LogP contribution in [-0.4, -0.2) is 14.8 Å². The van der Waals surface area contributed by atoms with Gasteiger partial charge in [0.1, 0.15) is 17.3 Å². The van der Waals surface area contributed by atoms with Crippen molar-refractivity contribution in [3.8, 4) is 22.5 Å². The topological polar surface area (TPSA) is 56.7 Å². The van der Waals surface area contributed by atoms with Crippen molar-refractivity contribution in [2.24, 2.45) is 7.05 Å². The highest BCUT2D eigenvalue weighted by atomic mass is 79.9. The molecule has 3 rings (SSSR count). The Morgan fingerprint density at radius 2 is 2.05 bits per heavy atom. The van der Waals surface area contributed by atoms with Crippen molar-refractivity contribution >= 4 is 21.7 Å². The summed E-state index contributed by atoms with van der Waals surface area (Å²) < 4.78 is 15.8. The van der Waals surface area contributed by atoms with Gasteiger partial charge in [0.05, 0.1) is 15.7 Å². The Hall–Kier alpha value is -2.21. The van der Waals surface area contributed by atoms with Gasteiger partial charge in [-0.2, -0.15) is 5.10 Å². The second kappa shape index (κ2) is 5.29. The van der Waals surface area contributed by atoms with Crippen molar-refractivity contribution in [2.75, 3.05) is 5.73 Å². The average Bonchev–Trinajstić information content (AvgIpc) is 2.79. The number of hydrogen-bond donors (Lipinski definition) is 1. The van der Waals surface area contributed by atoms with Crippen LogP contribution in [0.1, 0.15) is 0 Å². The molecule has 1 aromatic carbocycles. The van der Waals surface area contributed by atoms with E-state index >= 15 is 0 Å². The zero-order chi connectivity index (χ0) is 15.0. The van der Waals surface area contributed by atoms with Crippen LogP contribution in [-0.2, 0) is 7.05 Å². The lowest BCUT2D eigenvalue weighted by atomic mass is 10.0. The molecule has 0 radical (unpaired) electrons. The third-order valence-corrected chi connectivity index (χ3v) is 3.85. The number of hydrogen-bond acceptors (Lipinski definition) is 3. The molecule has 2 aromatic heterocycles. The Morgan fingerprint density at radius 1 is 1.24 bits per heavy atom. The van der Waals surface area contributed by atoms with Crippen molar-refractivity contribution in [3.05, 3.63) is 52.9 Å². The van der Waals surface area contributed by atoms with E-state index in [0.29, 0.717) is 32.8 Å². The van der Waals surface area contributed by atoms with Crippen LogP contribution in [0, 0.1) is 5.82 Å². The Bertz CT molecular complexity index is 799. The zero-order valence-corrected chi connectivity index (χ0v) is 12.8. The number of anilines is 1. The minimum atomic E-state index is -0.344. The van der Waals surface area contributed by atoms with Crippen LogP contribution in [0.4, 0.5) is 10.2 Å². The molecule has 0 spiro atoms. The summed E-state index contributed by atoms with van der Waals surface area (Å²) in [6.07, 6.45) is 1.69. The fraction of sp³-hybridized carbons (Fsp3) is 0.0667. The molecule has 0 aliphatic heterocycles. The minimum absolute atomic E-state index is 0.344. The second-order valence-electron chi connectivity index (χ2n) is 4.58. The van der Waals surface area contributed by atoms with Gasteiger partial charge in [0.25, 0.3) is 0 Å². The minimum Gasteiger partial charge on any atom is -0.383 e. The Labute approximate surface area is 129 Å². The fourth-order valence-electron chi connectivity index (χ4n) is 2.15. The molecular weight excluding hydrogens is 335 g/mol. The van der Waals surface area contributed by atoms with Crippen LogP contribution >= 0.6 is 15.9 Å². The molecule has 4 nitrogen and oxygen atoms in total. The molecule has 3 aromatic rings. The highest BCUT2D eigenvalue weighted by molar-refractivity contribution is 9.10. The van der Waals surface area contributed by atoms with Gasteiger partial charge >= 0.3 is 0 Å². The van der Waals surface area contributed by atoms with Crippen molar-refractivity contribution in [3.63, 3.8) is 0 Å². The number of nitrogens with two attached hydrogens (primary N) is 1. The zero-order valence-electron chi connectivity index (χ0n) is 11.2. The molecule has 0 fully saturated rings. The van der Waals surface area contributed by atoms with E-state index in [2.05, 4.69) is 26.0 Å². The van der Waals surface area contributed by atoms with Gasteiger partial charge in [-0.25, -0.2) is 4.39 Å². The molecule has 106 valence electrons. The van der Waals surface area contributed by atoms with Gasteiger partial charge in [-0.3, -0.25) is 9.67 Å². The van der Waals surface area contributed by atoms with Gasteiger partial charge in [-0.15, -0.1) is 0 Å². The van der Waals surface area contributed by atoms with Gasteiger partial charge in [0, 0.05) is 18.8 Å². The van der Waals surface area contributed by atoms with Crippen LogP contribution in [0.3, 0.4) is 0 Å². The molecule has 0 amide bonds. The van der Waals surface area contributed by atoms with Crippen LogP contribution < -0.4 is 5.73 Å². The lowest BCUT2D eigenvalue weighted by Gasteiger charge is -2.04. The van der Waals surface area contributed by atoms with Crippen molar-refractivity contribution < 1.29 is 4.39 Å². The lowest BCUT2D eigenvalue weighted by molar-refractivity contribution is 0.621. The smallest absolute Gasteiger partial charge is 0.138 e. The van der Waals surface area contributed by atoms with Crippen LogP contribution in [0.15, 0.2) is 47.1 Å². The standard InChI is InChI=1S/C15H12BrFN4/c1-21-15(18)13(12-4-2-3-7-19-12)14(20-21)9-5-6-10(16)11(17)8-9/h2-8H,18H2,1H3. The molecule has 0 unspecified atom stereocenters. The summed E-state index contributed by atoms with van der Waals surface area (Å²) in [4.78, 5) is 4.31. The third-order valence-electron chi connectivity index (χ3n) is 3.21. The van der Waals surface area contributed by atoms with Crippen LogP contribution in [0.2, 0.25) is 0 Å². The highest BCUT2D eigenvalue weighted by Crippen LogP contribution is 2.35. The fourth-order valence-corrected chi connectivity index (χ4v) is 2.39. The lowest BCUT2D eigenvalue weighted by Crippen LogP contribution is -1.98. The predicted molar refractivity (Wildman–Crippen MR) is 83.9 cm³/mol. The number of aromatic nitrogens is 3. The van der Waals surface area contributed by atoms with E-state index in [0.717, 1.165) is 0 Å².